The number of rotatable bonds is 2. The topological polar surface area (TPSA) is 64.6 Å². The Kier molecular flexibility index (Phi) is 3.25. The number of hydrogen-bond donors (Lipinski definition) is 1. The Morgan fingerprint density at radius 1 is 1.46 bits per heavy atom. The molecule has 0 aromatic heterocycles. The maximum Gasteiger partial charge on any atom is 0.313 e. The SMILES string of the molecule is COC(=O)C1COCC1NC(C)=O. The Balaban J connectivity index is 2.53. The van der Waals surface area contributed by atoms with Crippen molar-refractivity contribution in [2.75, 3.05) is 20.3 Å². The van der Waals surface area contributed by atoms with Crippen LogP contribution in [0.25, 0.3) is 0 Å². The van der Waals surface area contributed by atoms with Crippen LogP contribution in [0.5, 0.6) is 0 Å². The lowest BCUT2D eigenvalue weighted by atomic mass is 10.0. The van der Waals surface area contributed by atoms with Crippen LogP contribution in [0.4, 0.5) is 0 Å². The van der Waals surface area contributed by atoms with Gasteiger partial charge in [-0.15, -0.1) is 0 Å². The second-order valence-corrected chi connectivity index (χ2v) is 2.97. The summed E-state index contributed by atoms with van der Waals surface area (Å²) >= 11 is 0. The van der Waals surface area contributed by atoms with Crippen molar-refractivity contribution in [3.05, 3.63) is 0 Å². The van der Waals surface area contributed by atoms with Gasteiger partial charge >= 0.3 is 5.97 Å². The molecule has 0 saturated carbocycles. The number of carbonyl (C=O) groups is 2. The number of carbonyl (C=O) groups excluding carboxylic acids is 2. The summed E-state index contributed by atoms with van der Waals surface area (Å²) in [6.07, 6.45) is 0. The fourth-order valence-electron chi connectivity index (χ4n) is 1.34. The maximum atomic E-state index is 11.2. The summed E-state index contributed by atoms with van der Waals surface area (Å²) in [5.41, 5.74) is 0. The predicted octanol–water partition coefficient (Wildman–Crippen LogP) is -0.690. The van der Waals surface area contributed by atoms with Crippen LogP contribution in [-0.4, -0.2) is 38.2 Å². The van der Waals surface area contributed by atoms with Gasteiger partial charge in [-0.2, -0.15) is 0 Å². The molecule has 1 rings (SSSR count). The minimum Gasteiger partial charge on any atom is -0.469 e. The molecule has 0 bridgehead atoms. The molecule has 5 nitrogen and oxygen atoms in total. The molecule has 1 aliphatic heterocycles. The van der Waals surface area contributed by atoms with Crippen molar-refractivity contribution in [2.45, 2.75) is 13.0 Å². The lowest BCUT2D eigenvalue weighted by Crippen LogP contribution is -2.42. The van der Waals surface area contributed by atoms with Crippen LogP contribution in [0.1, 0.15) is 6.92 Å². The second kappa shape index (κ2) is 4.23. The van der Waals surface area contributed by atoms with Crippen molar-refractivity contribution in [3.63, 3.8) is 0 Å². The van der Waals surface area contributed by atoms with Gasteiger partial charge in [0.1, 0.15) is 5.92 Å². The minimum atomic E-state index is -0.367. The standard InChI is InChI=1S/C8H13NO4/c1-5(10)9-7-4-13-3-6(7)8(11)12-2/h6-7H,3-4H2,1-2H3,(H,9,10). The maximum absolute atomic E-state index is 11.2. The van der Waals surface area contributed by atoms with Crippen LogP contribution in [0.15, 0.2) is 0 Å². The van der Waals surface area contributed by atoms with Gasteiger partial charge < -0.3 is 14.8 Å². The van der Waals surface area contributed by atoms with Crippen LogP contribution in [0, 0.1) is 5.92 Å². The number of nitrogens with one attached hydrogen (secondary N) is 1. The van der Waals surface area contributed by atoms with E-state index in [1.807, 2.05) is 0 Å². The van der Waals surface area contributed by atoms with Gasteiger partial charge in [0.2, 0.25) is 5.91 Å². The lowest BCUT2D eigenvalue weighted by Gasteiger charge is -2.15. The van der Waals surface area contributed by atoms with Crippen molar-refractivity contribution < 1.29 is 19.1 Å². The van der Waals surface area contributed by atoms with Crippen LogP contribution >= 0.6 is 0 Å². The molecule has 1 aliphatic rings. The molecular formula is C8H13NO4. The molecule has 1 amide bonds. The number of methoxy groups -OCH3 is 1. The number of amides is 1. The largest absolute Gasteiger partial charge is 0.469 e. The Morgan fingerprint density at radius 2 is 2.15 bits per heavy atom. The first-order valence-corrected chi connectivity index (χ1v) is 4.08. The highest BCUT2D eigenvalue weighted by atomic mass is 16.5. The zero-order valence-corrected chi connectivity index (χ0v) is 7.70. The summed E-state index contributed by atoms with van der Waals surface area (Å²) in [5, 5.41) is 2.64. The molecular weight excluding hydrogens is 174 g/mol. The van der Waals surface area contributed by atoms with Crippen molar-refractivity contribution in [1.29, 1.82) is 0 Å². The van der Waals surface area contributed by atoms with E-state index in [4.69, 9.17) is 4.74 Å². The molecule has 0 radical (unpaired) electrons. The molecule has 2 unspecified atom stereocenters. The third-order valence-corrected chi connectivity index (χ3v) is 1.97. The molecule has 0 spiro atoms. The van der Waals surface area contributed by atoms with E-state index in [2.05, 4.69) is 10.1 Å². The molecule has 0 aromatic carbocycles. The molecule has 2 atom stereocenters. The average molecular weight is 187 g/mol. The summed E-state index contributed by atoms with van der Waals surface area (Å²) in [6.45, 7) is 2.10. The van der Waals surface area contributed by atoms with Gasteiger partial charge in [0, 0.05) is 6.92 Å². The molecule has 1 saturated heterocycles. The lowest BCUT2D eigenvalue weighted by molar-refractivity contribution is -0.146. The Morgan fingerprint density at radius 3 is 2.69 bits per heavy atom. The van der Waals surface area contributed by atoms with E-state index in [-0.39, 0.29) is 23.8 Å². The van der Waals surface area contributed by atoms with E-state index in [0.717, 1.165) is 0 Å². The van der Waals surface area contributed by atoms with E-state index in [9.17, 15) is 9.59 Å². The van der Waals surface area contributed by atoms with Gasteiger partial charge in [0.15, 0.2) is 0 Å². The van der Waals surface area contributed by atoms with Crippen LogP contribution in [-0.2, 0) is 19.1 Å². The highest BCUT2D eigenvalue weighted by Crippen LogP contribution is 2.14. The fourth-order valence-corrected chi connectivity index (χ4v) is 1.34. The first-order valence-electron chi connectivity index (χ1n) is 4.08. The predicted molar refractivity (Wildman–Crippen MR) is 43.9 cm³/mol. The molecule has 0 aromatic rings. The van der Waals surface area contributed by atoms with Crippen LogP contribution < -0.4 is 5.32 Å². The van der Waals surface area contributed by atoms with E-state index < -0.39 is 0 Å². The molecule has 1 heterocycles. The van der Waals surface area contributed by atoms with Gasteiger partial charge in [-0.3, -0.25) is 9.59 Å². The third-order valence-electron chi connectivity index (χ3n) is 1.97. The Bertz CT molecular complexity index is 216. The number of esters is 1. The highest BCUT2D eigenvalue weighted by Gasteiger charge is 2.35. The van der Waals surface area contributed by atoms with Crippen molar-refractivity contribution in [3.8, 4) is 0 Å². The Hall–Kier alpha value is -1.10. The fraction of sp³-hybridized carbons (Fsp3) is 0.750. The second-order valence-electron chi connectivity index (χ2n) is 2.97. The van der Waals surface area contributed by atoms with Gasteiger partial charge in [-0.1, -0.05) is 0 Å². The quantitative estimate of drug-likeness (QED) is 0.581. The van der Waals surface area contributed by atoms with Crippen molar-refractivity contribution >= 4 is 11.9 Å². The molecule has 0 aliphatic carbocycles. The van der Waals surface area contributed by atoms with Crippen molar-refractivity contribution in [2.24, 2.45) is 5.92 Å². The van der Waals surface area contributed by atoms with Gasteiger partial charge in [-0.25, -0.2) is 0 Å². The first kappa shape index (κ1) is 9.98. The molecule has 5 heteroatoms. The number of ether oxygens (including phenoxy) is 2. The normalized spacial score (nSPS) is 26.9. The Labute approximate surface area is 76.4 Å². The van der Waals surface area contributed by atoms with E-state index in [0.29, 0.717) is 13.2 Å². The van der Waals surface area contributed by atoms with Gasteiger partial charge in [-0.05, 0) is 0 Å². The zero-order chi connectivity index (χ0) is 9.84. The summed E-state index contributed by atoms with van der Waals surface area (Å²) in [5.74, 6) is -0.866. The molecule has 1 fully saturated rings. The minimum absolute atomic E-state index is 0.163. The summed E-state index contributed by atoms with van der Waals surface area (Å²) in [4.78, 5) is 21.9. The third kappa shape index (κ3) is 2.42. The monoisotopic (exact) mass is 187 g/mol. The van der Waals surface area contributed by atoms with Crippen LogP contribution in [0.3, 0.4) is 0 Å². The van der Waals surface area contributed by atoms with Crippen LogP contribution in [0.2, 0.25) is 0 Å². The van der Waals surface area contributed by atoms with Gasteiger partial charge in [0.25, 0.3) is 0 Å². The molecule has 1 N–H and O–H groups in total. The summed E-state index contributed by atoms with van der Waals surface area (Å²) in [7, 11) is 1.32. The zero-order valence-electron chi connectivity index (χ0n) is 7.70. The average Bonchev–Trinajstić information content (AvgIpc) is 2.50. The highest BCUT2D eigenvalue weighted by molar-refractivity contribution is 5.77. The number of hydrogen-bond acceptors (Lipinski definition) is 4. The first-order chi connectivity index (χ1) is 6.15. The smallest absolute Gasteiger partial charge is 0.313 e. The summed E-state index contributed by atoms with van der Waals surface area (Å²) < 4.78 is 9.65. The van der Waals surface area contributed by atoms with E-state index in [1.54, 1.807) is 0 Å². The van der Waals surface area contributed by atoms with E-state index >= 15 is 0 Å². The molecule has 13 heavy (non-hydrogen) atoms. The van der Waals surface area contributed by atoms with Crippen molar-refractivity contribution in [1.82, 2.24) is 5.32 Å². The van der Waals surface area contributed by atoms with Gasteiger partial charge in [0.05, 0.1) is 26.4 Å². The molecule has 74 valence electrons. The summed E-state index contributed by atoms with van der Waals surface area (Å²) in [6, 6.07) is -0.245. The van der Waals surface area contributed by atoms with E-state index in [1.165, 1.54) is 14.0 Å².